The molecule has 2 aromatic heterocycles. The highest BCUT2D eigenvalue weighted by atomic mass is 15.0. The van der Waals surface area contributed by atoms with Crippen LogP contribution in [-0.2, 0) is 0 Å². The van der Waals surface area contributed by atoms with Gasteiger partial charge in [-0.25, -0.2) is 4.98 Å². The first-order valence-electron chi connectivity index (χ1n) is 20.1. The molecule has 0 N–H and O–H groups in total. The van der Waals surface area contributed by atoms with Gasteiger partial charge in [-0.2, -0.15) is 0 Å². The summed E-state index contributed by atoms with van der Waals surface area (Å²) in [7, 11) is 0. The van der Waals surface area contributed by atoms with Gasteiger partial charge in [0.1, 0.15) is 0 Å². The zero-order chi connectivity index (χ0) is 38.9. The number of rotatable bonds is 5. The van der Waals surface area contributed by atoms with Crippen LogP contribution in [0.15, 0.2) is 212 Å². The van der Waals surface area contributed by atoms with Crippen molar-refractivity contribution >= 4 is 65.2 Å². The number of fused-ring (bicyclic) bond motifs is 10. The molecule has 0 spiro atoms. The molecule has 0 saturated carbocycles. The van der Waals surface area contributed by atoms with E-state index in [1.807, 2.05) is 6.20 Å². The van der Waals surface area contributed by atoms with Crippen LogP contribution in [0.2, 0.25) is 0 Å². The average molecular weight is 750 g/mol. The van der Waals surface area contributed by atoms with Gasteiger partial charge in [0.2, 0.25) is 0 Å². The first kappa shape index (κ1) is 33.3. The Labute approximate surface area is 341 Å². The van der Waals surface area contributed by atoms with Gasteiger partial charge < -0.3 is 4.57 Å². The van der Waals surface area contributed by atoms with Crippen LogP contribution in [0, 0.1) is 0 Å². The molecular weight excluding hydrogens is 715 g/mol. The van der Waals surface area contributed by atoms with E-state index in [9.17, 15) is 0 Å². The number of hydrogen-bond acceptors (Lipinski definition) is 2. The van der Waals surface area contributed by atoms with Gasteiger partial charge in [-0.05, 0) is 85.3 Å². The third-order valence-corrected chi connectivity index (χ3v) is 12.0. The Balaban J connectivity index is 0.812. The van der Waals surface area contributed by atoms with Crippen LogP contribution in [0.4, 0.5) is 0 Å². The van der Waals surface area contributed by atoms with E-state index >= 15 is 0 Å². The summed E-state index contributed by atoms with van der Waals surface area (Å²) in [4.78, 5) is 10.1. The zero-order valence-electron chi connectivity index (χ0n) is 32.0. The predicted octanol–water partition coefficient (Wildman–Crippen LogP) is 14.9. The molecule has 0 bridgehead atoms. The second-order valence-corrected chi connectivity index (χ2v) is 15.4. The van der Waals surface area contributed by atoms with Gasteiger partial charge >= 0.3 is 0 Å². The maximum atomic E-state index is 5.18. The molecule has 0 amide bonds. The van der Waals surface area contributed by atoms with Crippen LogP contribution < -0.4 is 0 Å². The summed E-state index contributed by atoms with van der Waals surface area (Å²) >= 11 is 0. The second-order valence-electron chi connectivity index (χ2n) is 15.4. The number of hydrogen-bond donors (Lipinski definition) is 0. The molecule has 3 nitrogen and oxygen atoms in total. The van der Waals surface area contributed by atoms with Gasteiger partial charge in [-0.3, -0.25) is 4.98 Å². The maximum absolute atomic E-state index is 5.18. The van der Waals surface area contributed by atoms with E-state index in [2.05, 4.69) is 211 Å². The second kappa shape index (κ2) is 13.4. The van der Waals surface area contributed by atoms with Gasteiger partial charge in [-0.15, -0.1) is 0 Å². The van der Waals surface area contributed by atoms with Crippen molar-refractivity contribution in [2.75, 3.05) is 0 Å². The van der Waals surface area contributed by atoms with E-state index in [1.165, 1.54) is 82.4 Å². The van der Waals surface area contributed by atoms with Crippen molar-refractivity contribution in [1.29, 1.82) is 0 Å². The van der Waals surface area contributed by atoms with Crippen molar-refractivity contribution in [2.45, 2.75) is 0 Å². The Bertz CT molecular complexity index is 3540. The van der Waals surface area contributed by atoms with Crippen molar-refractivity contribution < 1.29 is 0 Å². The molecule has 0 atom stereocenters. The maximum Gasteiger partial charge on any atom is 0.0979 e. The van der Waals surface area contributed by atoms with Crippen LogP contribution in [0.1, 0.15) is 0 Å². The lowest BCUT2D eigenvalue weighted by molar-refractivity contribution is 1.19. The standard InChI is InChI=1S/C56H35N3/c1-2-10-43-33-45(31-29-36(43)9-1)59-53-16-8-7-13-48(53)51-34-44(30-32-54(51)59)41-23-21-39(22-24-41)37-17-19-38(20-18-37)40-25-27-42(28-26-40)52-35-57-55-49-14-5-3-11-46(49)47-12-4-6-15-50(47)56(55)58-52/h1-35H. The molecular formula is C56H35N3. The Morgan fingerprint density at radius 2 is 0.780 bits per heavy atom. The highest BCUT2D eigenvalue weighted by Gasteiger charge is 2.15. The first-order valence-corrected chi connectivity index (χ1v) is 20.1. The molecule has 12 rings (SSSR count). The fourth-order valence-electron chi connectivity index (χ4n) is 9.05. The highest BCUT2D eigenvalue weighted by molar-refractivity contribution is 6.23. The third-order valence-electron chi connectivity index (χ3n) is 12.0. The zero-order valence-corrected chi connectivity index (χ0v) is 32.0. The summed E-state index contributed by atoms with van der Waals surface area (Å²) in [6.45, 7) is 0. The van der Waals surface area contributed by atoms with Crippen molar-refractivity contribution in [3.63, 3.8) is 0 Å². The smallest absolute Gasteiger partial charge is 0.0979 e. The van der Waals surface area contributed by atoms with Gasteiger partial charge in [0.15, 0.2) is 0 Å². The summed E-state index contributed by atoms with van der Waals surface area (Å²) in [6.07, 6.45) is 1.91. The molecule has 0 aliphatic rings. The SMILES string of the molecule is c1ccc2cc(-n3c4ccccc4c4cc(-c5ccc(-c6ccc(-c7ccc(-c8cnc9c%10ccccc%10c%10ccccc%10c9n8)cc7)cc6)cc5)ccc43)ccc2c1. The summed E-state index contributed by atoms with van der Waals surface area (Å²) in [5, 5.41) is 9.67. The highest BCUT2D eigenvalue weighted by Crippen LogP contribution is 2.37. The molecule has 0 aliphatic carbocycles. The molecule has 274 valence electrons. The molecule has 10 aromatic carbocycles. The Morgan fingerprint density at radius 3 is 1.42 bits per heavy atom. The number of para-hydroxylation sites is 1. The van der Waals surface area contributed by atoms with Gasteiger partial charge in [-0.1, -0.05) is 176 Å². The normalized spacial score (nSPS) is 11.7. The van der Waals surface area contributed by atoms with E-state index < -0.39 is 0 Å². The van der Waals surface area contributed by atoms with Gasteiger partial charge in [0, 0.05) is 32.8 Å². The largest absolute Gasteiger partial charge is 0.309 e. The minimum absolute atomic E-state index is 0.871. The van der Waals surface area contributed by atoms with E-state index in [0.29, 0.717) is 0 Å². The van der Waals surface area contributed by atoms with E-state index in [0.717, 1.165) is 33.1 Å². The molecule has 0 radical (unpaired) electrons. The lowest BCUT2D eigenvalue weighted by Gasteiger charge is -2.11. The van der Waals surface area contributed by atoms with E-state index in [-0.39, 0.29) is 0 Å². The quantitative estimate of drug-likeness (QED) is 0.164. The van der Waals surface area contributed by atoms with Crippen LogP contribution in [0.3, 0.4) is 0 Å². The van der Waals surface area contributed by atoms with Crippen LogP contribution in [0.25, 0.3) is 115 Å². The Hall–Kier alpha value is -7.88. The molecule has 12 aromatic rings. The number of nitrogens with zero attached hydrogens (tertiary/aromatic N) is 3. The summed E-state index contributed by atoms with van der Waals surface area (Å²) in [6, 6.07) is 74.4. The van der Waals surface area contributed by atoms with Crippen LogP contribution >= 0.6 is 0 Å². The Kier molecular flexibility index (Phi) is 7.54. The fourth-order valence-corrected chi connectivity index (χ4v) is 9.05. The minimum atomic E-state index is 0.871. The topological polar surface area (TPSA) is 30.7 Å². The van der Waals surface area contributed by atoms with Crippen LogP contribution in [0.5, 0.6) is 0 Å². The third kappa shape index (κ3) is 5.51. The van der Waals surface area contributed by atoms with Crippen molar-refractivity contribution in [3.05, 3.63) is 212 Å². The lowest BCUT2D eigenvalue weighted by atomic mass is 9.97. The Morgan fingerprint density at radius 1 is 0.305 bits per heavy atom. The summed E-state index contributed by atoms with van der Waals surface area (Å²) < 4.78 is 2.39. The molecule has 0 saturated heterocycles. The molecule has 59 heavy (non-hydrogen) atoms. The predicted molar refractivity (Wildman–Crippen MR) is 248 cm³/mol. The van der Waals surface area contributed by atoms with Crippen molar-refractivity contribution in [2.24, 2.45) is 0 Å². The average Bonchev–Trinajstić information content (AvgIpc) is 3.65. The minimum Gasteiger partial charge on any atom is -0.309 e. The lowest BCUT2D eigenvalue weighted by Crippen LogP contribution is -1.93. The molecule has 0 aliphatic heterocycles. The fraction of sp³-hybridized carbons (Fsp3) is 0. The van der Waals surface area contributed by atoms with Gasteiger partial charge in [0.25, 0.3) is 0 Å². The molecule has 0 unspecified atom stereocenters. The number of aromatic nitrogens is 3. The van der Waals surface area contributed by atoms with Crippen LogP contribution in [-0.4, -0.2) is 14.5 Å². The molecule has 2 heterocycles. The number of benzene rings is 10. The molecule has 0 fully saturated rings. The van der Waals surface area contributed by atoms with E-state index in [1.54, 1.807) is 0 Å². The first-order chi connectivity index (χ1) is 29.2. The summed E-state index contributed by atoms with van der Waals surface area (Å²) in [5.41, 5.74) is 14.5. The summed E-state index contributed by atoms with van der Waals surface area (Å²) in [5.74, 6) is 0. The van der Waals surface area contributed by atoms with E-state index in [4.69, 9.17) is 9.97 Å². The van der Waals surface area contributed by atoms with Crippen molar-refractivity contribution in [3.8, 4) is 50.3 Å². The van der Waals surface area contributed by atoms with Crippen molar-refractivity contribution in [1.82, 2.24) is 14.5 Å². The van der Waals surface area contributed by atoms with Gasteiger partial charge in [0.05, 0.1) is 34.0 Å². The monoisotopic (exact) mass is 749 g/mol. The molecule has 3 heteroatoms.